The van der Waals surface area contributed by atoms with E-state index in [1.807, 2.05) is 0 Å². The van der Waals surface area contributed by atoms with E-state index in [-0.39, 0.29) is 10.6 Å². The maximum absolute atomic E-state index is 11.0. The second-order valence-electron chi connectivity index (χ2n) is 5.26. The summed E-state index contributed by atoms with van der Waals surface area (Å²) in [7, 11) is 2.09. The topological polar surface area (TPSA) is 58.4 Å². The van der Waals surface area contributed by atoms with E-state index in [4.69, 9.17) is 0 Å². The van der Waals surface area contributed by atoms with Gasteiger partial charge in [0.1, 0.15) is 5.69 Å². The molecule has 0 bridgehead atoms. The Balaban J connectivity index is 1.76. The molecule has 1 heterocycles. The van der Waals surface area contributed by atoms with E-state index in [9.17, 15) is 10.1 Å². The Bertz CT molecular complexity index is 685. The van der Waals surface area contributed by atoms with Crippen LogP contribution in [0.3, 0.4) is 0 Å². The first kappa shape index (κ1) is 13.4. The van der Waals surface area contributed by atoms with E-state index < -0.39 is 0 Å². The Morgan fingerprint density at radius 2 is 2.10 bits per heavy atom. The third kappa shape index (κ3) is 2.67. The number of hydrogen-bond donors (Lipinski definition) is 1. The van der Waals surface area contributed by atoms with E-state index in [0.717, 1.165) is 18.5 Å². The molecule has 3 rings (SSSR count). The Kier molecular flexibility index (Phi) is 3.48. The van der Waals surface area contributed by atoms with E-state index in [1.54, 1.807) is 18.2 Å². The van der Waals surface area contributed by atoms with E-state index >= 15 is 0 Å². The number of fused-ring (bicyclic) bond motifs is 1. The van der Waals surface area contributed by atoms with Gasteiger partial charge in [0.2, 0.25) is 0 Å². The first-order chi connectivity index (χ1) is 10.1. The van der Waals surface area contributed by atoms with Gasteiger partial charge in [0.25, 0.3) is 5.69 Å². The van der Waals surface area contributed by atoms with Crippen LogP contribution in [-0.4, -0.2) is 18.5 Å². The van der Waals surface area contributed by atoms with Crippen molar-refractivity contribution in [3.05, 3.63) is 63.7 Å². The molecular weight excluding hydrogens is 266 g/mol. The number of rotatable bonds is 4. The van der Waals surface area contributed by atoms with Gasteiger partial charge in [0, 0.05) is 31.9 Å². The predicted octanol–water partition coefficient (Wildman–Crippen LogP) is 3.20. The fourth-order valence-corrected chi connectivity index (χ4v) is 2.71. The van der Waals surface area contributed by atoms with E-state index in [1.165, 1.54) is 17.3 Å². The second-order valence-corrected chi connectivity index (χ2v) is 5.26. The minimum Gasteiger partial charge on any atom is -0.375 e. The van der Waals surface area contributed by atoms with Gasteiger partial charge in [-0.15, -0.1) is 0 Å². The highest BCUT2D eigenvalue weighted by Crippen LogP contribution is 2.28. The number of para-hydroxylation sites is 2. The lowest BCUT2D eigenvalue weighted by Gasteiger charge is -2.12. The zero-order valence-electron chi connectivity index (χ0n) is 11.9. The van der Waals surface area contributed by atoms with Crippen LogP contribution in [0, 0.1) is 10.1 Å². The van der Waals surface area contributed by atoms with E-state index in [2.05, 4.69) is 35.5 Å². The van der Waals surface area contributed by atoms with Crippen molar-refractivity contribution in [2.24, 2.45) is 0 Å². The maximum atomic E-state index is 11.0. The maximum Gasteiger partial charge on any atom is 0.292 e. The molecule has 1 aliphatic heterocycles. The summed E-state index contributed by atoms with van der Waals surface area (Å²) in [6.07, 6.45) is 1.06. The summed E-state index contributed by atoms with van der Waals surface area (Å²) in [5, 5.41) is 14.1. The van der Waals surface area contributed by atoms with Crippen LogP contribution in [0.1, 0.15) is 11.1 Å². The van der Waals surface area contributed by atoms with Crippen molar-refractivity contribution in [3.8, 4) is 0 Å². The summed E-state index contributed by atoms with van der Waals surface area (Å²) in [4.78, 5) is 12.9. The van der Waals surface area contributed by atoms with E-state index in [0.29, 0.717) is 12.2 Å². The highest BCUT2D eigenvalue weighted by molar-refractivity contribution is 5.62. The number of nitro benzene ring substituents is 1. The van der Waals surface area contributed by atoms with Crippen LogP contribution in [0.4, 0.5) is 17.1 Å². The molecule has 0 atom stereocenters. The number of benzene rings is 2. The standard InChI is InChI=1S/C16H17N3O2/c1-18-9-8-13-10-12(6-7-15(13)18)11-17-14-4-2-3-5-16(14)19(20)21/h2-7,10,17H,8-9,11H2,1H3. The average molecular weight is 283 g/mol. The normalized spacial score (nSPS) is 13.1. The van der Waals surface area contributed by atoms with Crippen LogP contribution in [0.5, 0.6) is 0 Å². The van der Waals surface area contributed by atoms with Gasteiger partial charge in [-0.2, -0.15) is 0 Å². The summed E-state index contributed by atoms with van der Waals surface area (Å²) < 4.78 is 0. The number of likely N-dealkylation sites (N-methyl/N-ethyl adjacent to an activating group) is 1. The van der Waals surface area contributed by atoms with Crippen LogP contribution < -0.4 is 10.2 Å². The molecule has 5 heteroatoms. The van der Waals surface area contributed by atoms with Crippen molar-refractivity contribution < 1.29 is 4.92 Å². The summed E-state index contributed by atoms with van der Waals surface area (Å²) >= 11 is 0. The monoisotopic (exact) mass is 283 g/mol. The molecule has 1 aliphatic rings. The highest BCUT2D eigenvalue weighted by atomic mass is 16.6. The van der Waals surface area contributed by atoms with Crippen molar-refractivity contribution in [1.82, 2.24) is 0 Å². The smallest absolute Gasteiger partial charge is 0.292 e. The Labute approximate surface area is 123 Å². The fraction of sp³-hybridized carbons (Fsp3) is 0.250. The predicted molar refractivity (Wildman–Crippen MR) is 83.8 cm³/mol. The SMILES string of the molecule is CN1CCc2cc(CNc3ccccc3[N+](=O)[O-])ccc21. The largest absolute Gasteiger partial charge is 0.375 e. The zero-order valence-corrected chi connectivity index (χ0v) is 11.9. The molecule has 108 valence electrons. The molecule has 2 aromatic carbocycles. The molecular formula is C16H17N3O2. The molecule has 0 unspecified atom stereocenters. The van der Waals surface area contributed by atoms with Crippen molar-refractivity contribution in [2.45, 2.75) is 13.0 Å². The summed E-state index contributed by atoms with van der Waals surface area (Å²) in [6.45, 7) is 1.64. The molecule has 0 aromatic heterocycles. The number of nitro groups is 1. The van der Waals surface area contributed by atoms with Crippen LogP contribution >= 0.6 is 0 Å². The van der Waals surface area contributed by atoms with Gasteiger partial charge in [0.05, 0.1) is 4.92 Å². The third-order valence-corrected chi connectivity index (χ3v) is 3.86. The van der Waals surface area contributed by atoms with Gasteiger partial charge >= 0.3 is 0 Å². The van der Waals surface area contributed by atoms with Crippen molar-refractivity contribution in [2.75, 3.05) is 23.8 Å². The Morgan fingerprint density at radius 3 is 2.90 bits per heavy atom. The fourth-order valence-electron chi connectivity index (χ4n) is 2.71. The molecule has 5 nitrogen and oxygen atoms in total. The number of nitrogens with one attached hydrogen (secondary N) is 1. The molecule has 0 radical (unpaired) electrons. The van der Waals surface area contributed by atoms with Crippen LogP contribution in [0.25, 0.3) is 0 Å². The lowest BCUT2D eigenvalue weighted by atomic mass is 10.1. The van der Waals surface area contributed by atoms with Crippen molar-refractivity contribution in [1.29, 1.82) is 0 Å². The molecule has 1 N–H and O–H groups in total. The summed E-state index contributed by atoms with van der Waals surface area (Å²) in [6, 6.07) is 13.1. The lowest BCUT2D eigenvalue weighted by molar-refractivity contribution is -0.384. The van der Waals surface area contributed by atoms with Gasteiger partial charge in [-0.05, 0) is 29.7 Å². The first-order valence-electron chi connectivity index (χ1n) is 6.95. The quantitative estimate of drug-likeness (QED) is 0.691. The van der Waals surface area contributed by atoms with Gasteiger partial charge in [-0.25, -0.2) is 0 Å². The number of hydrogen-bond acceptors (Lipinski definition) is 4. The van der Waals surface area contributed by atoms with Gasteiger partial charge in [-0.1, -0.05) is 24.3 Å². The van der Waals surface area contributed by atoms with Gasteiger partial charge in [0.15, 0.2) is 0 Å². The minimum atomic E-state index is -0.361. The molecule has 0 spiro atoms. The average Bonchev–Trinajstić information content (AvgIpc) is 2.86. The Hall–Kier alpha value is -2.56. The lowest BCUT2D eigenvalue weighted by Crippen LogP contribution is -2.12. The molecule has 0 saturated heterocycles. The zero-order chi connectivity index (χ0) is 14.8. The van der Waals surface area contributed by atoms with Crippen molar-refractivity contribution >= 4 is 17.1 Å². The molecule has 0 amide bonds. The van der Waals surface area contributed by atoms with Crippen molar-refractivity contribution in [3.63, 3.8) is 0 Å². The van der Waals surface area contributed by atoms with Crippen LogP contribution in [-0.2, 0) is 13.0 Å². The number of nitrogens with zero attached hydrogens (tertiary/aromatic N) is 2. The van der Waals surface area contributed by atoms with Crippen LogP contribution in [0.2, 0.25) is 0 Å². The first-order valence-corrected chi connectivity index (χ1v) is 6.95. The molecule has 21 heavy (non-hydrogen) atoms. The van der Waals surface area contributed by atoms with Crippen LogP contribution in [0.15, 0.2) is 42.5 Å². The molecule has 0 aliphatic carbocycles. The summed E-state index contributed by atoms with van der Waals surface area (Å²) in [5.41, 5.74) is 4.43. The number of anilines is 2. The molecule has 2 aromatic rings. The molecule has 0 saturated carbocycles. The second kappa shape index (κ2) is 5.44. The van der Waals surface area contributed by atoms with Gasteiger partial charge in [-0.3, -0.25) is 10.1 Å². The molecule has 0 fully saturated rings. The minimum absolute atomic E-state index is 0.110. The summed E-state index contributed by atoms with van der Waals surface area (Å²) in [5.74, 6) is 0. The highest BCUT2D eigenvalue weighted by Gasteiger charge is 2.16. The Morgan fingerprint density at radius 1 is 1.29 bits per heavy atom. The van der Waals surface area contributed by atoms with Gasteiger partial charge < -0.3 is 10.2 Å². The third-order valence-electron chi connectivity index (χ3n) is 3.86.